The topological polar surface area (TPSA) is 56.7 Å². The molecule has 0 aliphatic carbocycles. The first-order chi connectivity index (χ1) is 14.7. The van der Waals surface area contributed by atoms with Crippen LogP contribution in [0.1, 0.15) is 36.0 Å². The summed E-state index contributed by atoms with van der Waals surface area (Å²) >= 11 is 0. The Morgan fingerprint density at radius 1 is 0.933 bits per heavy atom. The number of hydrogen-bond donors (Lipinski definition) is 2. The summed E-state index contributed by atoms with van der Waals surface area (Å²) in [5, 5.41) is 6.60. The van der Waals surface area contributed by atoms with Crippen molar-refractivity contribution < 1.29 is 4.21 Å². The molecule has 162 valence electrons. The van der Waals surface area contributed by atoms with E-state index in [0.29, 0.717) is 18.1 Å². The number of nitrogens with one attached hydrogen (secondary N) is 2. The molecule has 1 fully saturated rings. The molecule has 5 nitrogen and oxygen atoms in total. The van der Waals surface area contributed by atoms with Gasteiger partial charge in [-0.15, -0.1) is 0 Å². The maximum atomic E-state index is 12.2. The number of rotatable bonds is 9. The van der Waals surface area contributed by atoms with E-state index in [-0.39, 0.29) is 0 Å². The van der Waals surface area contributed by atoms with E-state index < -0.39 is 10.8 Å². The molecule has 0 amide bonds. The summed E-state index contributed by atoms with van der Waals surface area (Å²) in [6.45, 7) is 4.85. The Labute approximate surface area is 183 Å². The van der Waals surface area contributed by atoms with Crippen LogP contribution in [0.4, 0.5) is 0 Å². The van der Waals surface area contributed by atoms with Gasteiger partial charge in [0.1, 0.15) is 0 Å². The Balaban J connectivity index is 1.35. The van der Waals surface area contributed by atoms with E-state index >= 15 is 0 Å². The van der Waals surface area contributed by atoms with Crippen molar-refractivity contribution in [1.82, 2.24) is 15.5 Å². The molecule has 0 aromatic heterocycles. The molecule has 0 radical (unpaired) electrons. The molecular formula is C24H34N4OS. The number of likely N-dealkylation sites (tertiary alicyclic amines) is 1. The van der Waals surface area contributed by atoms with Gasteiger partial charge in [-0.3, -0.25) is 14.1 Å². The summed E-state index contributed by atoms with van der Waals surface area (Å²) in [5.74, 6) is 1.93. The third-order valence-corrected chi connectivity index (χ3v) is 6.67. The van der Waals surface area contributed by atoms with Gasteiger partial charge in [0.15, 0.2) is 5.96 Å². The van der Waals surface area contributed by atoms with Crippen LogP contribution >= 0.6 is 0 Å². The Morgan fingerprint density at radius 3 is 2.33 bits per heavy atom. The fourth-order valence-corrected chi connectivity index (χ4v) is 4.70. The van der Waals surface area contributed by atoms with Crippen LogP contribution in [0.3, 0.4) is 0 Å². The largest absolute Gasteiger partial charge is 0.355 e. The van der Waals surface area contributed by atoms with Gasteiger partial charge < -0.3 is 10.6 Å². The Kier molecular flexibility index (Phi) is 9.38. The van der Waals surface area contributed by atoms with Gasteiger partial charge in [-0.1, -0.05) is 61.0 Å². The minimum atomic E-state index is -0.885. The van der Waals surface area contributed by atoms with Crippen LogP contribution in [0.15, 0.2) is 59.6 Å². The van der Waals surface area contributed by atoms with Gasteiger partial charge in [-0.25, -0.2) is 0 Å². The van der Waals surface area contributed by atoms with Gasteiger partial charge in [-0.2, -0.15) is 0 Å². The smallest absolute Gasteiger partial charge is 0.191 e. The van der Waals surface area contributed by atoms with Crippen molar-refractivity contribution in [1.29, 1.82) is 0 Å². The average Bonchev–Trinajstić information content (AvgIpc) is 2.78. The Morgan fingerprint density at radius 2 is 1.63 bits per heavy atom. The van der Waals surface area contributed by atoms with E-state index in [9.17, 15) is 4.21 Å². The molecule has 0 spiro atoms. The summed E-state index contributed by atoms with van der Waals surface area (Å²) in [6, 6.07) is 18.8. The second-order valence-corrected chi connectivity index (χ2v) is 9.36. The number of piperidine rings is 1. The second-order valence-electron chi connectivity index (χ2n) is 7.78. The van der Waals surface area contributed by atoms with E-state index in [1.165, 1.54) is 43.5 Å². The van der Waals surface area contributed by atoms with Crippen molar-refractivity contribution in [3.8, 4) is 0 Å². The molecule has 3 rings (SSSR count). The highest BCUT2D eigenvalue weighted by Crippen LogP contribution is 2.13. The Hall–Kier alpha value is -2.18. The summed E-state index contributed by atoms with van der Waals surface area (Å²) in [7, 11) is 0.877. The molecule has 1 aliphatic heterocycles. The first kappa shape index (κ1) is 22.5. The standard InChI is InChI=1S/C24H34N4OS/c1-25-24(26-14-17-30(29)20-23-8-4-2-5-9-23)27-18-21-10-12-22(13-11-21)19-28-15-6-3-7-16-28/h2,4-5,8-13H,3,6-7,14-20H2,1H3,(H2,25,26,27). The fraction of sp³-hybridized carbons (Fsp3) is 0.458. The highest BCUT2D eigenvalue weighted by molar-refractivity contribution is 7.84. The third kappa shape index (κ3) is 7.92. The molecule has 1 heterocycles. The van der Waals surface area contributed by atoms with E-state index in [2.05, 4.69) is 44.8 Å². The zero-order valence-electron chi connectivity index (χ0n) is 18.0. The molecule has 30 heavy (non-hydrogen) atoms. The van der Waals surface area contributed by atoms with E-state index in [0.717, 1.165) is 24.6 Å². The van der Waals surface area contributed by atoms with Crippen LogP contribution in [0, 0.1) is 0 Å². The predicted molar refractivity (Wildman–Crippen MR) is 127 cm³/mol. The number of aliphatic imine (C=N–C) groups is 1. The van der Waals surface area contributed by atoms with Crippen molar-refractivity contribution in [2.24, 2.45) is 4.99 Å². The molecule has 6 heteroatoms. The SMILES string of the molecule is CN=C(NCCS(=O)Cc1ccccc1)NCc1ccc(CN2CCCCC2)cc1. The molecule has 1 atom stereocenters. The average molecular weight is 427 g/mol. The van der Waals surface area contributed by atoms with Crippen molar-refractivity contribution in [3.05, 3.63) is 71.3 Å². The van der Waals surface area contributed by atoms with Crippen LogP contribution in [0.5, 0.6) is 0 Å². The van der Waals surface area contributed by atoms with Crippen LogP contribution < -0.4 is 10.6 Å². The number of benzene rings is 2. The number of guanidine groups is 1. The van der Waals surface area contributed by atoms with Crippen molar-refractivity contribution >= 4 is 16.8 Å². The maximum Gasteiger partial charge on any atom is 0.191 e. The summed E-state index contributed by atoms with van der Waals surface area (Å²) < 4.78 is 12.2. The summed E-state index contributed by atoms with van der Waals surface area (Å²) in [6.07, 6.45) is 4.03. The maximum absolute atomic E-state index is 12.2. The molecule has 2 aromatic carbocycles. The minimum Gasteiger partial charge on any atom is -0.355 e. The van der Waals surface area contributed by atoms with Crippen molar-refractivity contribution in [2.45, 2.75) is 38.1 Å². The first-order valence-electron chi connectivity index (χ1n) is 10.9. The van der Waals surface area contributed by atoms with Gasteiger partial charge in [0.2, 0.25) is 0 Å². The van der Waals surface area contributed by atoms with Gasteiger partial charge in [0, 0.05) is 49.0 Å². The highest BCUT2D eigenvalue weighted by Gasteiger charge is 2.10. The number of nitrogens with zero attached hydrogens (tertiary/aromatic N) is 2. The van der Waals surface area contributed by atoms with E-state index in [1.807, 2.05) is 30.3 Å². The molecule has 0 bridgehead atoms. The first-order valence-corrected chi connectivity index (χ1v) is 12.4. The lowest BCUT2D eigenvalue weighted by Gasteiger charge is -2.26. The molecule has 1 aliphatic rings. The molecular weight excluding hydrogens is 392 g/mol. The van der Waals surface area contributed by atoms with Gasteiger partial charge in [-0.05, 0) is 42.6 Å². The van der Waals surface area contributed by atoms with Gasteiger partial charge in [0.05, 0.1) is 0 Å². The lowest BCUT2D eigenvalue weighted by Crippen LogP contribution is -2.38. The van der Waals surface area contributed by atoms with Crippen LogP contribution in [-0.4, -0.2) is 47.5 Å². The van der Waals surface area contributed by atoms with Crippen LogP contribution in [-0.2, 0) is 29.6 Å². The zero-order valence-corrected chi connectivity index (χ0v) is 18.8. The highest BCUT2D eigenvalue weighted by atomic mass is 32.2. The van der Waals surface area contributed by atoms with Crippen molar-refractivity contribution in [2.75, 3.05) is 32.4 Å². The minimum absolute atomic E-state index is 0.596. The fourth-order valence-electron chi connectivity index (χ4n) is 3.66. The quantitative estimate of drug-likeness (QED) is 0.477. The molecule has 1 unspecified atom stereocenters. The number of hydrogen-bond acceptors (Lipinski definition) is 3. The predicted octanol–water partition coefficient (Wildman–Crippen LogP) is 3.29. The summed E-state index contributed by atoms with van der Waals surface area (Å²) in [5.41, 5.74) is 3.72. The second kappa shape index (κ2) is 12.5. The normalized spacial score (nSPS) is 16.2. The van der Waals surface area contributed by atoms with E-state index in [4.69, 9.17) is 0 Å². The molecule has 0 saturated carbocycles. The summed E-state index contributed by atoms with van der Waals surface area (Å²) in [4.78, 5) is 6.81. The molecule has 1 saturated heterocycles. The lowest BCUT2D eigenvalue weighted by molar-refractivity contribution is 0.221. The van der Waals surface area contributed by atoms with Gasteiger partial charge >= 0.3 is 0 Å². The van der Waals surface area contributed by atoms with E-state index in [1.54, 1.807) is 7.05 Å². The molecule has 2 aromatic rings. The van der Waals surface area contributed by atoms with Gasteiger partial charge in [0.25, 0.3) is 0 Å². The monoisotopic (exact) mass is 426 g/mol. The Bertz CT molecular complexity index is 802. The lowest BCUT2D eigenvalue weighted by atomic mass is 10.1. The third-order valence-electron chi connectivity index (χ3n) is 5.35. The van der Waals surface area contributed by atoms with Crippen molar-refractivity contribution in [3.63, 3.8) is 0 Å². The van der Waals surface area contributed by atoms with Crippen LogP contribution in [0.25, 0.3) is 0 Å². The zero-order chi connectivity index (χ0) is 21.0. The van der Waals surface area contributed by atoms with Crippen LogP contribution in [0.2, 0.25) is 0 Å². The molecule has 2 N–H and O–H groups in total.